The van der Waals surface area contributed by atoms with E-state index in [-0.39, 0.29) is 5.83 Å². The maximum Gasteiger partial charge on any atom is 0.159 e. The van der Waals surface area contributed by atoms with E-state index < -0.39 is 11.5 Å². The molecule has 1 unspecified atom stereocenters. The predicted octanol–water partition coefficient (Wildman–Crippen LogP) is 6.16. The third kappa shape index (κ3) is 2.76. The van der Waals surface area contributed by atoms with Gasteiger partial charge in [0.15, 0.2) is 6.10 Å². The third-order valence-corrected chi connectivity index (χ3v) is 4.70. The van der Waals surface area contributed by atoms with Crippen molar-refractivity contribution in [1.82, 2.24) is 0 Å². The van der Waals surface area contributed by atoms with E-state index in [0.717, 1.165) is 22.3 Å². The van der Waals surface area contributed by atoms with Gasteiger partial charge in [-0.3, -0.25) is 0 Å². The molecule has 0 fully saturated rings. The molecule has 0 radical (unpaired) electrons. The summed E-state index contributed by atoms with van der Waals surface area (Å²) >= 11 is 0. The molecule has 0 saturated carbocycles. The summed E-state index contributed by atoms with van der Waals surface area (Å²) in [5.74, 6) is 1.11. The molecule has 126 valence electrons. The largest absolute Gasteiger partial charge is 0.482 e. The van der Waals surface area contributed by atoms with E-state index in [0.29, 0.717) is 5.75 Å². The molecule has 3 heteroatoms. The molecule has 0 bridgehead atoms. The molecule has 1 aromatic heterocycles. The fourth-order valence-corrected chi connectivity index (χ4v) is 3.30. The second-order valence-electron chi connectivity index (χ2n) is 6.81. The smallest absolute Gasteiger partial charge is 0.159 e. The fraction of sp³-hybridized carbons (Fsp3) is 0.182. The monoisotopic (exact) mass is 334 g/mol. The van der Waals surface area contributed by atoms with Crippen LogP contribution in [0.3, 0.4) is 0 Å². The second kappa shape index (κ2) is 5.92. The number of hydrogen-bond acceptors (Lipinski definition) is 2. The van der Waals surface area contributed by atoms with Gasteiger partial charge in [0.05, 0.1) is 0 Å². The van der Waals surface area contributed by atoms with Crippen LogP contribution in [0.15, 0.2) is 83.1 Å². The summed E-state index contributed by atoms with van der Waals surface area (Å²) in [6.07, 6.45) is 2.56. The van der Waals surface area contributed by atoms with Crippen LogP contribution in [0.2, 0.25) is 0 Å². The number of fused-ring (bicyclic) bond motifs is 1. The molecule has 1 atom stereocenters. The normalized spacial score (nSPS) is 19.4. The maximum atomic E-state index is 14.6. The summed E-state index contributed by atoms with van der Waals surface area (Å²) < 4.78 is 26.6. The minimum atomic E-state index is -0.705. The van der Waals surface area contributed by atoms with Crippen LogP contribution in [0, 0.1) is 5.41 Å². The molecule has 0 N–H and O–H groups in total. The minimum absolute atomic E-state index is 0.284. The van der Waals surface area contributed by atoms with Crippen molar-refractivity contribution in [1.29, 1.82) is 0 Å². The number of allylic oxidation sites excluding steroid dienone is 2. The summed E-state index contributed by atoms with van der Waals surface area (Å²) in [4.78, 5) is 0. The molecule has 0 spiro atoms. The zero-order valence-corrected chi connectivity index (χ0v) is 14.2. The van der Waals surface area contributed by atoms with Gasteiger partial charge in [0.25, 0.3) is 0 Å². The Morgan fingerprint density at radius 2 is 1.68 bits per heavy atom. The van der Waals surface area contributed by atoms with Crippen LogP contribution < -0.4 is 4.74 Å². The Kier molecular flexibility index (Phi) is 3.72. The van der Waals surface area contributed by atoms with E-state index in [1.54, 1.807) is 6.08 Å². The van der Waals surface area contributed by atoms with E-state index in [2.05, 4.69) is 0 Å². The quantitative estimate of drug-likeness (QED) is 0.572. The topological polar surface area (TPSA) is 22.4 Å². The molecule has 1 aliphatic rings. The Hall–Kier alpha value is -2.81. The number of benzene rings is 2. The number of halogens is 1. The molecule has 0 amide bonds. The minimum Gasteiger partial charge on any atom is -0.482 e. The van der Waals surface area contributed by atoms with E-state index in [1.165, 1.54) is 6.08 Å². The summed E-state index contributed by atoms with van der Waals surface area (Å²) in [5.41, 5.74) is 1.17. The molecule has 3 aromatic rings. The Balaban J connectivity index is 1.73. The number of furan rings is 1. The Morgan fingerprint density at radius 3 is 2.44 bits per heavy atom. The lowest BCUT2D eigenvalue weighted by atomic mass is 9.74. The molecular formula is C22H19FO2. The summed E-state index contributed by atoms with van der Waals surface area (Å²) in [5, 5.41) is 1.03. The van der Waals surface area contributed by atoms with Gasteiger partial charge in [-0.2, -0.15) is 0 Å². The molecule has 0 saturated heterocycles. The average molecular weight is 334 g/mol. The Bertz CT molecular complexity index is 931. The van der Waals surface area contributed by atoms with Crippen LogP contribution in [0.1, 0.15) is 19.6 Å². The van der Waals surface area contributed by atoms with Crippen molar-refractivity contribution in [2.45, 2.75) is 20.0 Å². The first-order valence-electron chi connectivity index (χ1n) is 8.34. The number of para-hydroxylation sites is 2. The first-order valence-corrected chi connectivity index (χ1v) is 8.34. The van der Waals surface area contributed by atoms with Crippen molar-refractivity contribution in [2.75, 3.05) is 0 Å². The van der Waals surface area contributed by atoms with Crippen molar-refractivity contribution in [3.63, 3.8) is 0 Å². The van der Waals surface area contributed by atoms with Gasteiger partial charge in [0.2, 0.25) is 0 Å². The molecular weight excluding hydrogens is 315 g/mol. The van der Waals surface area contributed by atoms with Gasteiger partial charge in [-0.1, -0.05) is 56.3 Å². The van der Waals surface area contributed by atoms with Gasteiger partial charge >= 0.3 is 0 Å². The molecule has 0 aliphatic heterocycles. The van der Waals surface area contributed by atoms with Gasteiger partial charge in [-0.05, 0) is 30.3 Å². The van der Waals surface area contributed by atoms with E-state index in [1.807, 2.05) is 74.5 Å². The first kappa shape index (κ1) is 15.7. The van der Waals surface area contributed by atoms with Gasteiger partial charge in [-0.25, -0.2) is 4.39 Å². The van der Waals surface area contributed by atoms with Gasteiger partial charge < -0.3 is 9.15 Å². The van der Waals surface area contributed by atoms with E-state index in [9.17, 15) is 4.39 Å². The highest BCUT2D eigenvalue weighted by Gasteiger charge is 2.42. The van der Waals surface area contributed by atoms with E-state index in [4.69, 9.17) is 9.15 Å². The first-order chi connectivity index (χ1) is 12.1. The second-order valence-corrected chi connectivity index (χ2v) is 6.81. The van der Waals surface area contributed by atoms with Crippen LogP contribution in [-0.4, -0.2) is 6.10 Å². The van der Waals surface area contributed by atoms with Crippen LogP contribution in [0.5, 0.6) is 5.75 Å². The lowest BCUT2D eigenvalue weighted by Gasteiger charge is -2.37. The van der Waals surface area contributed by atoms with Crippen molar-refractivity contribution in [3.8, 4) is 5.75 Å². The molecule has 2 aromatic carbocycles. The van der Waals surface area contributed by atoms with Gasteiger partial charge in [-0.15, -0.1) is 0 Å². The fourth-order valence-electron chi connectivity index (χ4n) is 3.30. The van der Waals surface area contributed by atoms with E-state index >= 15 is 0 Å². The predicted molar refractivity (Wildman–Crippen MR) is 98.0 cm³/mol. The summed E-state index contributed by atoms with van der Waals surface area (Å²) in [6.45, 7) is 3.96. The molecule has 2 nitrogen and oxygen atoms in total. The van der Waals surface area contributed by atoms with Gasteiger partial charge in [0.1, 0.15) is 22.9 Å². The van der Waals surface area contributed by atoms with Crippen LogP contribution in [0.25, 0.3) is 16.5 Å². The number of ether oxygens (including phenoxy) is 1. The number of hydrogen-bond donors (Lipinski definition) is 0. The third-order valence-electron chi connectivity index (χ3n) is 4.70. The highest BCUT2D eigenvalue weighted by Crippen LogP contribution is 2.46. The van der Waals surface area contributed by atoms with Crippen molar-refractivity contribution in [2.24, 2.45) is 5.41 Å². The molecule has 4 rings (SSSR count). The highest BCUT2D eigenvalue weighted by molar-refractivity contribution is 5.83. The maximum absolute atomic E-state index is 14.6. The van der Waals surface area contributed by atoms with Gasteiger partial charge in [0, 0.05) is 16.4 Å². The Labute approximate surface area is 146 Å². The van der Waals surface area contributed by atoms with Crippen molar-refractivity contribution < 1.29 is 13.5 Å². The van der Waals surface area contributed by atoms with Crippen LogP contribution in [0.4, 0.5) is 4.39 Å². The average Bonchev–Trinajstić information content (AvgIpc) is 3.03. The number of rotatable bonds is 3. The zero-order valence-electron chi connectivity index (χ0n) is 14.2. The Morgan fingerprint density at radius 1 is 0.960 bits per heavy atom. The molecule has 25 heavy (non-hydrogen) atoms. The highest BCUT2D eigenvalue weighted by atomic mass is 19.1. The SMILES string of the molecule is CC1(C)C(c2cc3ccccc3o2)=CC=C(F)C1Oc1ccccc1. The van der Waals surface area contributed by atoms with Crippen LogP contribution in [-0.2, 0) is 0 Å². The molecule has 1 heterocycles. The lowest BCUT2D eigenvalue weighted by Crippen LogP contribution is -2.37. The standard InChI is InChI=1S/C22H19FO2/c1-22(2)17(20-14-15-8-6-7-11-19(15)25-20)12-13-18(23)21(22)24-16-9-4-3-5-10-16/h3-14,21H,1-2H3. The van der Waals surface area contributed by atoms with Crippen molar-refractivity contribution in [3.05, 3.63) is 84.4 Å². The van der Waals surface area contributed by atoms with Crippen molar-refractivity contribution >= 4 is 16.5 Å². The summed E-state index contributed by atoms with van der Waals surface area (Å²) in [6, 6.07) is 19.2. The lowest BCUT2D eigenvalue weighted by molar-refractivity contribution is 0.120. The summed E-state index contributed by atoms with van der Waals surface area (Å²) in [7, 11) is 0. The zero-order chi connectivity index (χ0) is 17.4. The molecule has 1 aliphatic carbocycles. The van der Waals surface area contributed by atoms with Crippen LogP contribution >= 0.6 is 0 Å².